The first-order chi connectivity index (χ1) is 25.2. The average Bonchev–Trinajstić information content (AvgIpc) is 3.42. The van der Waals surface area contributed by atoms with E-state index in [1.165, 1.54) is 34.3 Å². The number of alkyl halides is 3. The number of hydrogen-bond acceptors (Lipinski definition) is 11. The second-order valence-electron chi connectivity index (χ2n) is 12.0. The zero-order chi connectivity index (χ0) is 38.9. The van der Waals surface area contributed by atoms with Crippen molar-refractivity contribution in [3.63, 3.8) is 0 Å². The van der Waals surface area contributed by atoms with Crippen LogP contribution in [0.25, 0.3) is 23.1 Å². The Labute approximate surface area is 306 Å². The number of hydrogen-bond donors (Lipinski definition) is 2. The van der Waals surface area contributed by atoms with Gasteiger partial charge in [-0.1, -0.05) is 0 Å². The molecule has 3 heterocycles. The van der Waals surface area contributed by atoms with E-state index in [0.29, 0.717) is 16.7 Å². The van der Waals surface area contributed by atoms with Gasteiger partial charge in [0, 0.05) is 60.5 Å². The molecule has 4 rings (SSSR count). The van der Waals surface area contributed by atoms with Crippen LogP contribution in [0.4, 0.5) is 18.9 Å². The molecule has 2 amide bonds. The fourth-order valence-corrected chi connectivity index (χ4v) is 8.02. The van der Waals surface area contributed by atoms with E-state index in [1.807, 2.05) is 51.4 Å². The summed E-state index contributed by atoms with van der Waals surface area (Å²) in [6, 6.07) is 12.2. The van der Waals surface area contributed by atoms with Gasteiger partial charge in [-0.05, 0) is 63.5 Å². The highest BCUT2D eigenvalue weighted by Crippen LogP contribution is 2.53. The summed E-state index contributed by atoms with van der Waals surface area (Å²) in [6.45, 7) is 9.93. The lowest BCUT2D eigenvalue weighted by molar-refractivity contribution is -0.685. The Morgan fingerprint density at radius 2 is 1.89 bits per heavy atom. The Balaban J connectivity index is 1.54. The summed E-state index contributed by atoms with van der Waals surface area (Å²) >= 11 is 0. The third kappa shape index (κ3) is 10.9. The molecular weight excluding hydrogens is 739 g/mol. The number of fused-ring (bicyclic) bond motifs is 1. The van der Waals surface area contributed by atoms with Gasteiger partial charge in [-0.25, -0.2) is 9.46 Å². The first-order valence-corrected chi connectivity index (χ1v) is 19.0. The molecule has 0 saturated carbocycles. The van der Waals surface area contributed by atoms with Crippen LogP contribution in [0.5, 0.6) is 0 Å². The van der Waals surface area contributed by atoms with Gasteiger partial charge in [-0.15, -0.1) is 4.52 Å². The summed E-state index contributed by atoms with van der Waals surface area (Å²) in [7, 11) is -4.34. The molecule has 0 aliphatic carbocycles. The van der Waals surface area contributed by atoms with Crippen molar-refractivity contribution in [3.05, 3.63) is 64.3 Å². The SMILES string of the molecule is CCN(CC)c1ccc2cc(/C=C/c3ccc([P+](=O)OCNC(=O)C(F)(F)F)c[n+]3CC(=O)NCOP3OC(CC#N)C(C)N3C(C)C)c(=O)oc2c1. The molecule has 4 unspecified atom stereocenters. The zero-order valence-electron chi connectivity index (χ0n) is 29.8. The minimum absolute atomic E-state index is 0.00425. The Kier molecular flexibility index (Phi) is 14.6. The van der Waals surface area contributed by atoms with Crippen molar-refractivity contribution in [3.8, 4) is 6.07 Å². The molecule has 1 aliphatic rings. The van der Waals surface area contributed by atoms with Crippen LogP contribution in [0, 0.1) is 11.3 Å². The number of nitriles is 1. The average molecular weight is 781 g/mol. The minimum Gasteiger partial charge on any atom is -0.422 e. The molecule has 0 bridgehead atoms. The smallest absolute Gasteiger partial charge is 0.422 e. The van der Waals surface area contributed by atoms with Gasteiger partial charge in [0.2, 0.25) is 18.4 Å². The number of carbonyl (C=O) groups excluding carboxylic acids is 2. The molecule has 19 heteroatoms. The number of anilines is 1. The predicted octanol–water partition coefficient (Wildman–Crippen LogP) is 4.85. The highest BCUT2D eigenvalue weighted by Gasteiger charge is 2.43. The second-order valence-corrected chi connectivity index (χ2v) is 14.7. The van der Waals surface area contributed by atoms with Crippen molar-refractivity contribution in [1.82, 2.24) is 15.3 Å². The quantitative estimate of drug-likeness (QED) is 0.0884. The number of nitrogens with zero attached hydrogens (tertiary/aromatic N) is 4. The number of aromatic nitrogens is 1. The predicted molar refractivity (Wildman–Crippen MR) is 192 cm³/mol. The van der Waals surface area contributed by atoms with Crippen molar-refractivity contribution in [2.24, 2.45) is 0 Å². The number of benzene rings is 1. The fraction of sp³-hybridized carbons (Fsp3) is 0.441. The normalized spacial score (nSPS) is 18.0. The minimum atomic E-state index is -5.14. The van der Waals surface area contributed by atoms with Crippen LogP contribution >= 0.6 is 16.6 Å². The van der Waals surface area contributed by atoms with Gasteiger partial charge < -0.3 is 29.0 Å². The first kappa shape index (κ1) is 41.5. The maximum atomic E-state index is 13.1. The highest BCUT2D eigenvalue weighted by atomic mass is 31.2. The Bertz CT molecular complexity index is 1930. The third-order valence-corrected chi connectivity index (χ3v) is 11.2. The lowest BCUT2D eigenvalue weighted by atomic mass is 10.1. The zero-order valence-corrected chi connectivity index (χ0v) is 31.5. The summed E-state index contributed by atoms with van der Waals surface area (Å²) in [5, 5.41) is 14.0. The van der Waals surface area contributed by atoms with Gasteiger partial charge in [-0.3, -0.25) is 9.59 Å². The van der Waals surface area contributed by atoms with Crippen molar-refractivity contribution in [1.29, 1.82) is 5.26 Å². The van der Waals surface area contributed by atoms with Crippen molar-refractivity contribution in [2.45, 2.75) is 71.9 Å². The largest absolute Gasteiger partial charge is 0.557 e. The Hall–Kier alpha value is -4.29. The number of nitrogens with one attached hydrogen (secondary N) is 2. The fourth-order valence-electron chi connectivity index (χ4n) is 5.47. The molecule has 1 aliphatic heterocycles. The molecule has 0 spiro atoms. The van der Waals surface area contributed by atoms with Gasteiger partial charge in [-0.2, -0.15) is 23.0 Å². The number of halogens is 3. The Morgan fingerprint density at radius 3 is 2.55 bits per heavy atom. The van der Waals surface area contributed by atoms with Gasteiger partial charge in [0.05, 0.1) is 24.2 Å². The van der Waals surface area contributed by atoms with Crippen molar-refractivity contribution >= 4 is 62.5 Å². The molecule has 2 N–H and O–H groups in total. The molecule has 14 nitrogen and oxygen atoms in total. The van der Waals surface area contributed by atoms with Crippen LogP contribution in [-0.4, -0.2) is 67.4 Å². The van der Waals surface area contributed by atoms with Crippen LogP contribution < -0.4 is 31.0 Å². The lowest BCUT2D eigenvalue weighted by Crippen LogP contribution is -2.46. The van der Waals surface area contributed by atoms with Crippen molar-refractivity contribution < 1.29 is 49.9 Å². The van der Waals surface area contributed by atoms with Gasteiger partial charge in [0.1, 0.15) is 12.3 Å². The summed E-state index contributed by atoms with van der Waals surface area (Å²) in [5.41, 5.74) is 1.32. The summed E-state index contributed by atoms with van der Waals surface area (Å²) in [4.78, 5) is 39.3. The molecule has 284 valence electrons. The van der Waals surface area contributed by atoms with Crippen LogP contribution in [0.15, 0.2) is 51.8 Å². The molecule has 2 aromatic heterocycles. The first-order valence-electron chi connectivity index (χ1n) is 16.7. The maximum absolute atomic E-state index is 13.1. The van der Waals surface area contributed by atoms with E-state index in [9.17, 15) is 32.1 Å². The van der Waals surface area contributed by atoms with Crippen molar-refractivity contribution in [2.75, 3.05) is 31.5 Å². The second kappa shape index (κ2) is 18.6. The number of pyridine rings is 1. The molecule has 1 saturated heterocycles. The molecule has 1 fully saturated rings. The van der Waals surface area contributed by atoms with Crippen LogP contribution in [0.1, 0.15) is 52.3 Å². The Morgan fingerprint density at radius 1 is 1.15 bits per heavy atom. The van der Waals surface area contributed by atoms with Crippen LogP contribution in [0.2, 0.25) is 0 Å². The molecule has 4 atom stereocenters. The van der Waals surface area contributed by atoms with E-state index >= 15 is 0 Å². The van der Waals surface area contributed by atoms with E-state index in [4.69, 9.17) is 23.3 Å². The monoisotopic (exact) mass is 780 g/mol. The molecule has 1 aromatic carbocycles. The van der Waals surface area contributed by atoms with Crippen LogP contribution in [-0.2, 0) is 34.3 Å². The van der Waals surface area contributed by atoms with Gasteiger partial charge in [0.15, 0.2) is 6.73 Å². The topological polar surface area (TPSA) is 167 Å². The third-order valence-electron chi connectivity index (χ3n) is 8.19. The summed E-state index contributed by atoms with van der Waals surface area (Å²) in [6.07, 6.45) is -0.965. The highest BCUT2D eigenvalue weighted by molar-refractivity contribution is 7.48. The van der Waals surface area contributed by atoms with E-state index in [0.717, 1.165) is 18.8 Å². The molecule has 53 heavy (non-hydrogen) atoms. The number of carbonyl (C=O) groups is 2. The molecule has 3 aromatic rings. The molecule has 0 radical (unpaired) electrons. The summed E-state index contributed by atoms with van der Waals surface area (Å²) < 4.78 is 76.2. The van der Waals surface area contributed by atoms with Crippen LogP contribution in [0.3, 0.4) is 0 Å². The lowest BCUT2D eigenvalue weighted by Gasteiger charge is -2.28. The van der Waals surface area contributed by atoms with E-state index in [-0.39, 0.29) is 48.8 Å². The van der Waals surface area contributed by atoms with Gasteiger partial charge in [0.25, 0.3) is 19.7 Å². The van der Waals surface area contributed by atoms with E-state index in [1.54, 1.807) is 18.2 Å². The van der Waals surface area contributed by atoms with Gasteiger partial charge >= 0.3 is 25.7 Å². The number of amides is 2. The van der Waals surface area contributed by atoms with E-state index < -0.39 is 46.9 Å². The molecular formula is C34H41F3N6O8P2+2. The number of rotatable bonds is 16. The van der Waals surface area contributed by atoms with E-state index in [2.05, 4.69) is 16.3 Å². The standard InChI is InChI=1S/C34H39F3N6O8P2/c1-6-41(7-2)27-11-8-24-16-25(32(45)50-30(24)17-27)9-10-26-12-13-28(52(47)48-21-40-33(46)34(35,36)37)18-42(26)19-31(44)39-20-49-53-43(22(3)4)23(5)29(51-53)14-15-38/h8-13,16-18,22-23,29H,6-7,14,19-21H2,1-5H3/p+2. The summed E-state index contributed by atoms with van der Waals surface area (Å²) in [5.74, 6) is -2.79. The maximum Gasteiger partial charge on any atom is 0.557 e.